The molecule has 5 rings (SSSR count). The number of ketones is 1. The third-order valence-corrected chi connectivity index (χ3v) is 6.13. The van der Waals surface area contributed by atoms with Crippen molar-refractivity contribution in [1.29, 1.82) is 0 Å². The fraction of sp³-hybridized carbons (Fsp3) is 0.0952. The smallest absolute Gasteiger partial charge is 0.192 e. The number of carbonyl (C=O) groups is 1. The first-order valence-corrected chi connectivity index (χ1v) is 8.85. The summed E-state index contributed by atoms with van der Waals surface area (Å²) in [7, 11) is 2.07. The summed E-state index contributed by atoms with van der Waals surface area (Å²) in [5.41, 5.74) is 4.13. The molecule has 1 aliphatic heterocycles. The van der Waals surface area contributed by atoms with Crippen LogP contribution >= 0.6 is 11.8 Å². The predicted octanol–water partition coefficient (Wildman–Crippen LogP) is 5.03. The molecule has 1 heterocycles. The molecule has 0 atom stereocenters. The molecule has 0 unspecified atom stereocenters. The van der Waals surface area contributed by atoms with Gasteiger partial charge in [0.1, 0.15) is 0 Å². The molecule has 2 aliphatic rings. The number of fused-ring (bicyclic) bond motifs is 4. The number of allylic oxidation sites excluding steroid dienone is 1. The van der Waals surface area contributed by atoms with E-state index in [0.29, 0.717) is 0 Å². The van der Waals surface area contributed by atoms with Crippen molar-refractivity contribution in [3.63, 3.8) is 0 Å². The maximum Gasteiger partial charge on any atom is 0.192 e. The molecule has 116 valence electrons. The molecule has 0 aromatic heterocycles. The van der Waals surface area contributed by atoms with Gasteiger partial charge in [-0.3, -0.25) is 4.79 Å². The van der Waals surface area contributed by atoms with Crippen LogP contribution in [0.5, 0.6) is 0 Å². The van der Waals surface area contributed by atoms with Gasteiger partial charge in [-0.15, -0.1) is 0 Å². The third kappa shape index (κ3) is 1.82. The number of Topliss-reactive ketones (excluding diaryl/α,β-unsaturated/α-hetero) is 1. The van der Waals surface area contributed by atoms with Gasteiger partial charge >= 0.3 is 0 Å². The molecule has 3 aromatic carbocycles. The Labute approximate surface area is 144 Å². The Balaban J connectivity index is 1.68. The Morgan fingerprint density at radius 3 is 2.62 bits per heavy atom. The summed E-state index contributed by atoms with van der Waals surface area (Å²) in [6, 6.07) is 20.7. The summed E-state index contributed by atoms with van der Waals surface area (Å²) in [5.74, 6) is 0.178. The molecule has 3 aromatic rings. The van der Waals surface area contributed by atoms with Crippen LogP contribution in [0.2, 0.25) is 0 Å². The number of benzene rings is 3. The van der Waals surface area contributed by atoms with E-state index in [-0.39, 0.29) is 5.78 Å². The highest BCUT2D eigenvalue weighted by atomic mass is 32.2. The number of nitrogens with zero attached hydrogens (tertiary/aromatic N) is 1. The minimum absolute atomic E-state index is 0.178. The number of anilines is 1. The van der Waals surface area contributed by atoms with Gasteiger partial charge in [-0.25, -0.2) is 0 Å². The summed E-state index contributed by atoms with van der Waals surface area (Å²) in [6.45, 7) is 0. The molecular weight excluding hydrogens is 314 g/mol. The summed E-state index contributed by atoms with van der Waals surface area (Å²) >= 11 is 1.72. The van der Waals surface area contributed by atoms with Crippen LogP contribution in [0.3, 0.4) is 0 Å². The molecule has 0 N–H and O–H groups in total. The monoisotopic (exact) mass is 329 g/mol. The summed E-state index contributed by atoms with van der Waals surface area (Å²) in [4.78, 5) is 16.3. The van der Waals surface area contributed by atoms with Crippen molar-refractivity contribution in [3.8, 4) is 0 Å². The number of hydrogen-bond donors (Lipinski definition) is 0. The summed E-state index contributed by atoms with van der Waals surface area (Å²) in [6.07, 6.45) is 0.730. The first kappa shape index (κ1) is 13.9. The van der Waals surface area contributed by atoms with Crippen LogP contribution in [0, 0.1) is 0 Å². The normalized spacial score (nSPS) is 19.0. The SMILES string of the molecule is CN1/C(=C2\Cc3ccccc3C2=O)Sc2ccc3ccccc3c21. The van der Waals surface area contributed by atoms with Crippen LogP contribution in [-0.2, 0) is 6.42 Å². The van der Waals surface area contributed by atoms with Crippen molar-refractivity contribution in [3.05, 3.63) is 82.4 Å². The van der Waals surface area contributed by atoms with Gasteiger partial charge in [-0.05, 0) is 17.0 Å². The Morgan fingerprint density at radius 1 is 0.958 bits per heavy atom. The van der Waals surface area contributed by atoms with Crippen LogP contribution in [0.4, 0.5) is 5.69 Å². The second kappa shape index (κ2) is 4.99. The Hall–Kier alpha value is -2.52. The van der Waals surface area contributed by atoms with Crippen LogP contribution in [0.15, 0.2) is 76.2 Å². The number of hydrogen-bond acceptors (Lipinski definition) is 3. The second-order valence-corrected chi connectivity index (χ2v) is 7.27. The molecular formula is C21H15NOS. The van der Waals surface area contributed by atoms with Gasteiger partial charge in [-0.1, -0.05) is 66.4 Å². The van der Waals surface area contributed by atoms with Gasteiger partial charge in [0.05, 0.1) is 10.7 Å². The topological polar surface area (TPSA) is 20.3 Å². The van der Waals surface area contributed by atoms with Crippen molar-refractivity contribution < 1.29 is 4.79 Å². The van der Waals surface area contributed by atoms with E-state index < -0.39 is 0 Å². The fourth-order valence-electron chi connectivity index (χ4n) is 3.70. The van der Waals surface area contributed by atoms with E-state index in [1.165, 1.54) is 21.4 Å². The van der Waals surface area contributed by atoms with E-state index in [2.05, 4.69) is 54.4 Å². The van der Waals surface area contributed by atoms with E-state index >= 15 is 0 Å². The number of carbonyl (C=O) groups excluding carboxylic acids is 1. The second-order valence-electron chi connectivity index (χ2n) is 6.24. The van der Waals surface area contributed by atoms with Crippen molar-refractivity contribution in [1.82, 2.24) is 0 Å². The van der Waals surface area contributed by atoms with Gasteiger partial charge in [0.2, 0.25) is 0 Å². The quantitative estimate of drug-likeness (QED) is 0.539. The van der Waals surface area contributed by atoms with Crippen molar-refractivity contribution >= 4 is 34.0 Å². The molecule has 0 saturated carbocycles. The first-order valence-electron chi connectivity index (χ1n) is 8.03. The zero-order chi connectivity index (χ0) is 16.3. The molecule has 0 fully saturated rings. The van der Waals surface area contributed by atoms with E-state index in [9.17, 15) is 4.79 Å². The van der Waals surface area contributed by atoms with Gasteiger partial charge in [0, 0.05) is 34.9 Å². The van der Waals surface area contributed by atoms with Gasteiger partial charge in [0.15, 0.2) is 5.78 Å². The molecule has 0 amide bonds. The molecule has 1 aliphatic carbocycles. The summed E-state index contributed by atoms with van der Waals surface area (Å²) < 4.78 is 0. The predicted molar refractivity (Wildman–Crippen MR) is 99.7 cm³/mol. The molecule has 3 heteroatoms. The molecule has 0 radical (unpaired) electrons. The average molecular weight is 329 g/mol. The lowest BCUT2D eigenvalue weighted by Crippen LogP contribution is -2.14. The first-order chi connectivity index (χ1) is 11.7. The Kier molecular flexibility index (Phi) is 2.88. The number of thioether (sulfide) groups is 1. The lowest BCUT2D eigenvalue weighted by molar-refractivity contribution is 0.103. The maximum atomic E-state index is 12.8. The Bertz CT molecular complexity index is 1050. The van der Waals surface area contributed by atoms with Crippen LogP contribution in [0.1, 0.15) is 15.9 Å². The summed E-state index contributed by atoms with van der Waals surface area (Å²) in [5, 5.41) is 3.54. The molecule has 0 bridgehead atoms. The maximum absolute atomic E-state index is 12.8. The van der Waals surface area contributed by atoms with Crippen molar-refractivity contribution in [2.45, 2.75) is 11.3 Å². The highest BCUT2D eigenvalue weighted by molar-refractivity contribution is 8.03. The molecule has 0 spiro atoms. The van der Waals surface area contributed by atoms with E-state index in [1.807, 2.05) is 18.2 Å². The van der Waals surface area contributed by atoms with Crippen LogP contribution in [0.25, 0.3) is 10.8 Å². The van der Waals surface area contributed by atoms with Crippen LogP contribution in [-0.4, -0.2) is 12.8 Å². The van der Waals surface area contributed by atoms with Gasteiger partial charge < -0.3 is 4.90 Å². The standard InChI is InChI=1S/C21H15NOS/c1-22-19-15-8-4-2-6-13(15)10-11-18(19)24-21(22)17-12-14-7-3-5-9-16(14)20(17)23/h2-11H,12H2,1H3/b21-17-. The zero-order valence-corrected chi connectivity index (χ0v) is 14.1. The minimum atomic E-state index is 0.178. The van der Waals surface area contributed by atoms with E-state index in [0.717, 1.165) is 28.1 Å². The Morgan fingerprint density at radius 2 is 1.75 bits per heavy atom. The van der Waals surface area contributed by atoms with Gasteiger partial charge in [0.25, 0.3) is 0 Å². The third-order valence-electron chi connectivity index (χ3n) is 4.87. The van der Waals surface area contributed by atoms with Crippen LogP contribution < -0.4 is 4.90 Å². The fourth-order valence-corrected chi connectivity index (χ4v) is 4.91. The lowest BCUT2D eigenvalue weighted by atomic mass is 10.1. The molecule has 24 heavy (non-hydrogen) atoms. The van der Waals surface area contributed by atoms with Gasteiger partial charge in [-0.2, -0.15) is 0 Å². The minimum Gasteiger partial charge on any atom is -0.337 e. The van der Waals surface area contributed by atoms with E-state index in [4.69, 9.17) is 0 Å². The highest BCUT2D eigenvalue weighted by Crippen LogP contribution is 2.50. The average Bonchev–Trinajstić information content (AvgIpc) is 3.13. The molecule has 2 nitrogen and oxygen atoms in total. The molecule has 0 saturated heterocycles. The lowest BCUT2D eigenvalue weighted by Gasteiger charge is -2.17. The van der Waals surface area contributed by atoms with E-state index in [1.54, 1.807) is 11.8 Å². The number of rotatable bonds is 0. The zero-order valence-electron chi connectivity index (χ0n) is 13.2. The highest BCUT2D eigenvalue weighted by Gasteiger charge is 2.33. The largest absolute Gasteiger partial charge is 0.337 e. The van der Waals surface area contributed by atoms with Crippen molar-refractivity contribution in [2.24, 2.45) is 0 Å². The van der Waals surface area contributed by atoms with Crippen molar-refractivity contribution in [2.75, 3.05) is 11.9 Å².